The fourth-order valence-corrected chi connectivity index (χ4v) is 1.65. The second-order valence-electron chi connectivity index (χ2n) is 3.06. The molecule has 0 unspecified atom stereocenters. The molecule has 0 aliphatic carbocycles. The van der Waals surface area contributed by atoms with Crippen LogP contribution in [0.2, 0.25) is 0 Å². The Hall–Kier alpha value is -0.460. The van der Waals surface area contributed by atoms with Gasteiger partial charge in [-0.1, -0.05) is 0 Å². The van der Waals surface area contributed by atoms with E-state index < -0.39 is 18.1 Å². The molecule has 1 amide bonds. The summed E-state index contributed by atoms with van der Waals surface area (Å²) in [6, 6.07) is -0.547. The van der Waals surface area contributed by atoms with Crippen molar-refractivity contribution >= 4 is 36.8 Å². The summed E-state index contributed by atoms with van der Waals surface area (Å²) in [6.07, 6.45) is -0.261. The van der Waals surface area contributed by atoms with Crippen LogP contribution in [0.3, 0.4) is 0 Å². The molecule has 1 saturated heterocycles. The first-order valence-corrected chi connectivity index (χ1v) is 4.61. The molecule has 0 aromatic carbocycles. The van der Waals surface area contributed by atoms with E-state index in [1.54, 1.807) is 0 Å². The molecule has 0 radical (unpaired) electrons. The van der Waals surface area contributed by atoms with Crippen LogP contribution in [0.4, 0.5) is 0 Å². The Labute approximate surface area is 94.0 Å². The molecule has 82 valence electrons. The minimum absolute atomic E-state index is 0. The third kappa shape index (κ3) is 2.76. The SMILES string of the molecule is Cl.N=C(CS)N1C[C@H](O)C[C@H]1C(N)=O. The number of nitrogens with two attached hydrogens (primary N) is 1. The zero-order valence-corrected chi connectivity index (χ0v) is 9.22. The van der Waals surface area contributed by atoms with Gasteiger partial charge in [0.2, 0.25) is 5.91 Å². The summed E-state index contributed by atoms with van der Waals surface area (Å²) in [5, 5.41) is 16.8. The molecule has 1 rings (SSSR count). The molecule has 14 heavy (non-hydrogen) atoms. The lowest BCUT2D eigenvalue weighted by atomic mass is 10.2. The topological polar surface area (TPSA) is 90.4 Å². The number of rotatable bonds is 2. The van der Waals surface area contributed by atoms with Crippen LogP contribution in [0.5, 0.6) is 0 Å². The molecule has 1 aliphatic rings. The maximum Gasteiger partial charge on any atom is 0.240 e. The third-order valence-corrected chi connectivity index (χ3v) is 2.40. The van der Waals surface area contributed by atoms with E-state index in [1.807, 2.05) is 0 Å². The van der Waals surface area contributed by atoms with Crippen LogP contribution in [0.15, 0.2) is 0 Å². The third-order valence-electron chi connectivity index (χ3n) is 2.10. The first-order valence-electron chi connectivity index (χ1n) is 3.98. The molecule has 1 fully saturated rings. The van der Waals surface area contributed by atoms with Gasteiger partial charge in [0.05, 0.1) is 6.10 Å². The molecule has 2 atom stereocenters. The number of hydrogen-bond acceptors (Lipinski definition) is 4. The number of aliphatic hydroxyl groups excluding tert-OH is 1. The van der Waals surface area contributed by atoms with E-state index >= 15 is 0 Å². The van der Waals surface area contributed by atoms with Gasteiger partial charge in [-0.2, -0.15) is 12.6 Å². The van der Waals surface area contributed by atoms with E-state index in [1.165, 1.54) is 4.90 Å². The number of halogens is 1. The van der Waals surface area contributed by atoms with Crippen molar-refractivity contribution in [1.29, 1.82) is 5.41 Å². The molecule has 0 aromatic rings. The van der Waals surface area contributed by atoms with E-state index in [2.05, 4.69) is 12.6 Å². The van der Waals surface area contributed by atoms with Gasteiger partial charge in [0.15, 0.2) is 0 Å². The number of β-amino-alcohol motifs (C(OH)–C–C–N with tert-alkyl or cyclic N) is 1. The predicted molar refractivity (Wildman–Crippen MR) is 59.1 cm³/mol. The number of likely N-dealkylation sites (tertiary alicyclic amines) is 1. The summed E-state index contributed by atoms with van der Waals surface area (Å²) in [5.74, 6) is -0.0250. The van der Waals surface area contributed by atoms with Crippen LogP contribution in [0.1, 0.15) is 6.42 Å². The fourth-order valence-electron chi connectivity index (χ4n) is 1.47. The first kappa shape index (κ1) is 13.5. The fraction of sp³-hybridized carbons (Fsp3) is 0.714. The lowest BCUT2D eigenvalue weighted by Crippen LogP contribution is -2.44. The molecule has 0 spiro atoms. The van der Waals surface area contributed by atoms with Crippen molar-refractivity contribution in [3.8, 4) is 0 Å². The summed E-state index contributed by atoms with van der Waals surface area (Å²) in [5.41, 5.74) is 5.13. The van der Waals surface area contributed by atoms with Crippen LogP contribution in [0, 0.1) is 5.41 Å². The molecular formula is C7H14ClN3O2S. The smallest absolute Gasteiger partial charge is 0.240 e. The van der Waals surface area contributed by atoms with Gasteiger partial charge in [-0.15, -0.1) is 12.4 Å². The van der Waals surface area contributed by atoms with Crippen molar-refractivity contribution in [3.63, 3.8) is 0 Å². The van der Waals surface area contributed by atoms with Gasteiger partial charge in [-0.25, -0.2) is 0 Å². The van der Waals surface area contributed by atoms with Crippen molar-refractivity contribution in [1.82, 2.24) is 4.90 Å². The Bertz CT molecular complexity index is 239. The van der Waals surface area contributed by atoms with E-state index in [0.29, 0.717) is 13.0 Å². The molecule has 0 aromatic heterocycles. The Morgan fingerprint density at radius 1 is 1.71 bits per heavy atom. The Morgan fingerprint density at radius 3 is 2.71 bits per heavy atom. The minimum atomic E-state index is -0.572. The number of carbonyl (C=O) groups is 1. The number of aliphatic hydroxyl groups is 1. The molecule has 1 aliphatic heterocycles. The zero-order valence-electron chi connectivity index (χ0n) is 7.51. The largest absolute Gasteiger partial charge is 0.391 e. The highest BCUT2D eigenvalue weighted by molar-refractivity contribution is 7.81. The molecule has 0 saturated carbocycles. The molecule has 0 bridgehead atoms. The van der Waals surface area contributed by atoms with Gasteiger partial charge in [0.1, 0.15) is 11.9 Å². The summed E-state index contributed by atoms with van der Waals surface area (Å²) in [6.45, 7) is 0.299. The standard InChI is InChI=1S/C7H13N3O2S.ClH/c8-6(3-13)10-2-4(11)1-5(10)7(9)12;/h4-5,8,11,13H,1-3H2,(H2,9,12);1H/t4-,5+;/m1./s1. The average Bonchev–Trinajstić information content (AvgIpc) is 2.46. The molecule has 4 N–H and O–H groups in total. The summed E-state index contributed by atoms with van der Waals surface area (Å²) in [4.78, 5) is 12.4. The number of carbonyl (C=O) groups excluding carboxylic acids is 1. The number of nitrogens with one attached hydrogen (secondary N) is 1. The van der Waals surface area contributed by atoms with E-state index in [-0.39, 0.29) is 24.0 Å². The Kier molecular flexibility index (Phi) is 5.25. The lowest BCUT2D eigenvalue weighted by Gasteiger charge is -2.23. The lowest BCUT2D eigenvalue weighted by molar-refractivity contribution is -0.121. The van der Waals surface area contributed by atoms with E-state index in [0.717, 1.165) is 0 Å². The maximum atomic E-state index is 10.9. The number of amidine groups is 1. The second-order valence-corrected chi connectivity index (χ2v) is 3.38. The predicted octanol–water partition coefficient (Wildman–Crippen LogP) is -0.764. The van der Waals surface area contributed by atoms with Crippen molar-refractivity contribution in [3.05, 3.63) is 0 Å². The summed E-state index contributed by atoms with van der Waals surface area (Å²) in [7, 11) is 0. The second kappa shape index (κ2) is 5.43. The molecular weight excluding hydrogens is 226 g/mol. The normalized spacial score (nSPS) is 25.7. The number of thiol groups is 1. The van der Waals surface area contributed by atoms with E-state index in [9.17, 15) is 9.90 Å². The van der Waals surface area contributed by atoms with Crippen molar-refractivity contribution in [2.75, 3.05) is 12.3 Å². The van der Waals surface area contributed by atoms with Gasteiger partial charge >= 0.3 is 0 Å². The Balaban J connectivity index is 0.00000169. The molecule has 1 heterocycles. The van der Waals surface area contributed by atoms with Gasteiger partial charge in [0, 0.05) is 18.7 Å². The van der Waals surface area contributed by atoms with Crippen LogP contribution in [0.25, 0.3) is 0 Å². The zero-order chi connectivity index (χ0) is 10.0. The quantitative estimate of drug-likeness (QED) is 0.290. The highest BCUT2D eigenvalue weighted by Crippen LogP contribution is 2.17. The van der Waals surface area contributed by atoms with Gasteiger partial charge in [-0.3, -0.25) is 10.2 Å². The maximum absolute atomic E-state index is 10.9. The number of primary amides is 1. The highest BCUT2D eigenvalue weighted by Gasteiger charge is 2.35. The number of hydrogen-bond donors (Lipinski definition) is 4. The number of nitrogens with zero attached hydrogens (tertiary/aromatic N) is 1. The van der Waals surface area contributed by atoms with Gasteiger partial charge in [-0.05, 0) is 0 Å². The molecule has 7 heteroatoms. The number of amides is 1. The van der Waals surface area contributed by atoms with Crippen molar-refractivity contribution < 1.29 is 9.90 Å². The van der Waals surface area contributed by atoms with Crippen LogP contribution < -0.4 is 5.73 Å². The van der Waals surface area contributed by atoms with Gasteiger partial charge < -0.3 is 15.7 Å². The average molecular weight is 240 g/mol. The van der Waals surface area contributed by atoms with Crippen LogP contribution in [-0.2, 0) is 4.79 Å². The van der Waals surface area contributed by atoms with Crippen molar-refractivity contribution in [2.45, 2.75) is 18.6 Å². The minimum Gasteiger partial charge on any atom is -0.391 e. The summed E-state index contributed by atoms with van der Waals surface area (Å²) < 4.78 is 0. The van der Waals surface area contributed by atoms with Crippen LogP contribution >= 0.6 is 25.0 Å². The molecule has 5 nitrogen and oxygen atoms in total. The van der Waals surface area contributed by atoms with Crippen molar-refractivity contribution in [2.24, 2.45) is 5.73 Å². The van der Waals surface area contributed by atoms with Crippen LogP contribution in [-0.4, -0.2) is 46.2 Å². The monoisotopic (exact) mass is 239 g/mol. The Morgan fingerprint density at radius 2 is 2.29 bits per heavy atom. The van der Waals surface area contributed by atoms with Gasteiger partial charge in [0.25, 0.3) is 0 Å². The summed E-state index contributed by atoms with van der Waals surface area (Å²) >= 11 is 3.93. The van der Waals surface area contributed by atoms with E-state index in [4.69, 9.17) is 11.1 Å². The first-order chi connectivity index (χ1) is 6.06. The highest BCUT2D eigenvalue weighted by atomic mass is 35.5.